The van der Waals surface area contributed by atoms with Gasteiger partial charge in [-0.25, -0.2) is 4.98 Å². The van der Waals surface area contributed by atoms with E-state index < -0.39 is 0 Å². The van der Waals surface area contributed by atoms with E-state index in [9.17, 15) is 4.79 Å². The second-order valence-corrected chi connectivity index (χ2v) is 6.25. The molecule has 1 heterocycles. The zero-order valence-corrected chi connectivity index (χ0v) is 14.0. The van der Waals surface area contributed by atoms with Crippen molar-refractivity contribution in [2.24, 2.45) is 0 Å². The van der Waals surface area contributed by atoms with E-state index in [1.165, 1.54) is 11.3 Å². The van der Waals surface area contributed by atoms with E-state index in [2.05, 4.69) is 20.9 Å². The summed E-state index contributed by atoms with van der Waals surface area (Å²) in [5.41, 5.74) is 1.78. The molecule has 0 N–H and O–H groups in total. The average molecular weight is 375 g/mol. The number of carbonyl (C=O) groups excluding carboxylic acids is 1. The van der Waals surface area contributed by atoms with Gasteiger partial charge in [0.2, 0.25) is 0 Å². The van der Waals surface area contributed by atoms with Crippen molar-refractivity contribution in [2.75, 3.05) is 6.61 Å². The first-order chi connectivity index (χ1) is 9.60. The predicted octanol–water partition coefficient (Wildman–Crippen LogP) is 4.72. The van der Waals surface area contributed by atoms with Crippen LogP contribution in [-0.4, -0.2) is 17.6 Å². The van der Waals surface area contributed by atoms with Gasteiger partial charge in [-0.05, 0) is 25.1 Å². The summed E-state index contributed by atoms with van der Waals surface area (Å²) in [6.45, 7) is 2.21. The molecule has 106 valence electrons. The molecule has 0 saturated carbocycles. The number of carbonyl (C=O) groups is 1. The van der Waals surface area contributed by atoms with Crippen LogP contribution in [0.5, 0.6) is 0 Å². The van der Waals surface area contributed by atoms with Crippen LogP contribution >= 0.6 is 38.9 Å². The fraction of sp³-hybridized carbons (Fsp3) is 0.286. The minimum absolute atomic E-state index is 0.192. The largest absolute Gasteiger partial charge is 0.466 e. The fourth-order valence-corrected chi connectivity index (χ4v) is 3.18. The number of aryl methyl sites for hydroxylation is 1. The van der Waals surface area contributed by atoms with E-state index in [1.54, 1.807) is 6.92 Å². The monoisotopic (exact) mass is 373 g/mol. The summed E-state index contributed by atoms with van der Waals surface area (Å²) in [5, 5.41) is 3.47. The van der Waals surface area contributed by atoms with Gasteiger partial charge in [0.25, 0.3) is 0 Å². The molecule has 2 aromatic rings. The molecule has 2 rings (SSSR count). The number of halogens is 2. The van der Waals surface area contributed by atoms with Crippen molar-refractivity contribution >= 4 is 44.8 Å². The van der Waals surface area contributed by atoms with Crippen molar-refractivity contribution in [1.82, 2.24) is 4.98 Å². The molecule has 6 heteroatoms. The van der Waals surface area contributed by atoms with Crippen molar-refractivity contribution in [3.05, 3.63) is 38.8 Å². The van der Waals surface area contributed by atoms with Crippen molar-refractivity contribution in [1.29, 1.82) is 0 Å². The van der Waals surface area contributed by atoms with Crippen LogP contribution in [0.4, 0.5) is 0 Å². The highest BCUT2D eigenvalue weighted by molar-refractivity contribution is 9.10. The van der Waals surface area contributed by atoms with Gasteiger partial charge in [0, 0.05) is 21.8 Å². The van der Waals surface area contributed by atoms with Crippen molar-refractivity contribution in [2.45, 2.75) is 19.8 Å². The number of hydrogen-bond acceptors (Lipinski definition) is 4. The summed E-state index contributed by atoms with van der Waals surface area (Å²) in [6.07, 6.45) is 0.935. The summed E-state index contributed by atoms with van der Waals surface area (Å²) in [4.78, 5) is 15.8. The van der Waals surface area contributed by atoms with E-state index >= 15 is 0 Å². The molecule has 0 bridgehead atoms. The Morgan fingerprint density at radius 1 is 1.50 bits per heavy atom. The number of thiazole rings is 1. The maximum Gasteiger partial charge on any atom is 0.306 e. The number of benzene rings is 1. The Morgan fingerprint density at radius 3 is 3.05 bits per heavy atom. The number of nitrogens with zero attached hydrogens (tertiary/aromatic N) is 1. The molecule has 3 nitrogen and oxygen atoms in total. The number of esters is 1. The quantitative estimate of drug-likeness (QED) is 0.711. The standard InChI is InChI=1S/C14H13BrClNO2S/c1-2-19-13(18)6-4-10-8-20-14(17-10)11-7-9(15)3-5-12(11)16/h3,5,7-8H,2,4,6H2,1H3. The van der Waals surface area contributed by atoms with E-state index in [0.29, 0.717) is 24.5 Å². The summed E-state index contributed by atoms with van der Waals surface area (Å²) >= 11 is 11.1. The molecule has 1 aromatic heterocycles. The molecular formula is C14H13BrClNO2S. The van der Waals surface area contributed by atoms with Gasteiger partial charge >= 0.3 is 5.97 Å². The molecule has 1 aromatic carbocycles. The molecule has 0 amide bonds. The Labute approximate surface area is 135 Å². The lowest BCUT2D eigenvalue weighted by Crippen LogP contribution is -2.05. The minimum Gasteiger partial charge on any atom is -0.466 e. The lowest BCUT2D eigenvalue weighted by atomic mass is 10.2. The highest BCUT2D eigenvalue weighted by atomic mass is 79.9. The molecule has 20 heavy (non-hydrogen) atoms. The number of hydrogen-bond donors (Lipinski definition) is 0. The van der Waals surface area contributed by atoms with Gasteiger partial charge in [0.1, 0.15) is 5.01 Å². The van der Waals surface area contributed by atoms with Gasteiger partial charge in [0.15, 0.2) is 0 Å². The van der Waals surface area contributed by atoms with Gasteiger partial charge in [-0.1, -0.05) is 27.5 Å². The van der Waals surface area contributed by atoms with Crippen LogP contribution in [0.25, 0.3) is 10.6 Å². The molecule has 0 fully saturated rings. The maximum absolute atomic E-state index is 11.3. The number of aromatic nitrogens is 1. The zero-order chi connectivity index (χ0) is 14.5. The van der Waals surface area contributed by atoms with Gasteiger partial charge < -0.3 is 4.74 Å². The summed E-state index contributed by atoms with van der Waals surface area (Å²) in [7, 11) is 0. The first-order valence-electron chi connectivity index (χ1n) is 6.15. The van der Waals surface area contributed by atoms with Crippen LogP contribution in [-0.2, 0) is 16.0 Å². The van der Waals surface area contributed by atoms with Crippen molar-refractivity contribution in [3.8, 4) is 10.6 Å². The lowest BCUT2D eigenvalue weighted by Gasteiger charge is -2.01. The third-order valence-electron chi connectivity index (χ3n) is 2.60. The second-order valence-electron chi connectivity index (χ2n) is 4.07. The van der Waals surface area contributed by atoms with Crippen molar-refractivity contribution in [3.63, 3.8) is 0 Å². The molecule has 0 spiro atoms. The van der Waals surface area contributed by atoms with Crippen LogP contribution in [0.2, 0.25) is 5.02 Å². The average Bonchev–Trinajstić information content (AvgIpc) is 2.88. The SMILES string of the molecule is CCOC(=O)CCc1csc(-c2cc(Br)ccc2Cl)n1. The van der Waals surface area contributed by atoms with Crippen LogP contribution in [0.1, 0.15) is 19.0 Å². The van der Waals surface area contributed by atoms with E-state index in [-0.39, 0.29) is 5.97 Å². The fourth-order valence-electron chi connectivity index (χ4n) is 1.67. The molecule has 0 aliphatic rings. The van der Waals surface area contributed by atoms with Crippen molar-refractivity contribution < 1.29 is 9.53 Å². The van der Waals surface area contributed by atoms with Gasteiger partial charge in [-0.3, -0.25) is 4.79 Å². The third-order valence-corrected chi connectivity index (χ3v) is 4.35. The number of ether oxygens (including phenoxy) is 1. The lowest BCUT2D eigenvalue weighted by molar-refractivity contribution is -0.143. The minimum atomic E-state index is -0.192. The normalized spacial score (nSPS) is 10.6. The van der Waals surface area contributed by atoms with Gasteiger partial charge in [-0.15, -0.1) is 11.3 Å². The molecule has 0 radical (unpaired) electrons. The Balaban J connectivity index is 2.09. The summed E-state index contributed by atoms with van der Waals surface area (Å²) in [5.74, 6) is -0.192. The smallest absolute Gasteiger partial charge is 0.306 e. The molecule has 0 atom stereocenters. The van der Waals surface area contributed by atoms with E-state index in [1.807, 2.05) is 23.6 Å². The van der Waals surface area contributed by atoms with Gasteiger partial charge in [-0.2, -0.15) is 0 Å². The maximum atomic E-state index is 11.3. The number of rotatable bonds is 5. The first-order valence-corrected chi connectivity index (χ1v) is 8.20. The Morgan fingerprint density at radius 2 is 2.30 bits per heavy atom. The molecule has 0 aliphatic carbocycles. The van der Waals surface area contributed by atoms with Crippen LogP contribution < -0.4 is 0 Å². The molecular weight excluding hydrogens is 362 g/mol. The van der Waals surface area contributed by atoms with E-state index in [4.69, 9.17) is 16.3 Å². The topological polar surface area (TPSA) is 39.2 Å². The zero-order valence-electron chi connectivity index (χ0n) is 10.9. The third kappa shape index (κ3) is 4.04. The Bertz CT molecular complexity index is 615. The van der Waals surface area contributed by atoms with Crippen LogP contribution in [0.15, 0.2) is 28.1 Å². The molecule has 0 unspecified atom stereocenters. The highest BCUT2D eigenvalue weighted by Gasteiger charge is 2.10. The Hall–Kier alpha value is -0.910. The second kappa shape index (κ2) is 7.20. The molecule has 0 aliphatic heterocycles. The first kappa shape index (κ1) is 15.5. The highest BCUT2D eigenvalue weighted by Crippen LogP contribution is 2.32. The van der Waals surface area contributed by atoms with Gasteiger partial charge in [0.05, 0.1) is 23.7 Å². The van der Waals surface area contributed by atoms with Crippen LogP contribution in [0.3, 0.4) is 0 Å². The summed E-state index contributed by atoms with van der Waals surface area (Å²) < 4.78 is 5.86. The van der Waals surface area contributed by atoms with E-state index in [0.717, 1.165) is 20.7 Å². The van der Waals surface area contributed by atoms with Crippen LogP contribution in [0, 0.1) is 0 Å². The Kier molecular flexibility index (Phi) is 5.57. The molecule has 0 saturated heterocycles. The predicted molar refractivity (Wildman–Crippen MR) is 85.2 cm³/mol. The summed E-state index contributed by atoms with van der Waals surface area (Å²) in [6, 6.07) is 5.66.